The van der Waals surface area contributed by atoms with Crippen LogP contribution in [0.5, 0.6) is 0 Å². The average Bonchev–Trinajstić information content (AvgIpc) is 3.49. The van der Waals surface area contributed by atoms with Crippen LogP contribution in [0.25, 0.3) is 11.3 Å². The van der Waals surface area contributed by atoms with Crippen LogP contribution in [0.15, 0.2) is 18.5 Å². The number of carbonyl (C=O) groups is 1. The van der Waals surface area contributed by atoms with Gasteiger partial charge in [-0.3, -0.25) is 9.78 Å². The number of carbonyl (C=O) groups excluding carboxylic acids is 1. The maximum atomic E-state index is 13.3. The van der Waals surface area contributed by atoms with Crippen molar-refractivity contribution in [3.63, 3.8) is 0 Å². The molecule has 8 heteroatoms. The molecule has 154 valence electrons. The second kappa shape index (κ2) is 6.31. The number of imidazole rings is 1. The number of rotatable bonds is 4. The van der Waals surface area contributed by atoms with E-state index >= 15 is 0 Å². The minimum absolute atomic E-state index is 0.0278. The van der Waals surface area contributed by atoms with Gasteiger partial charge in [0.05, 0.1) is 11.3 Å². The van der Waals surface area contributed by atoms with E-state index in [0.29, 0.717) is 35.1 Å². The topological polar surface area (TPSA) is 51.0 Å². The normalized spacial score (nSPS) is 26.0. The Morgan fingerprint density at radius 2 is 1.93 bits per heavy atom. The zero-order valence-corrected chi connectivity index (χ0v) is 16.4. The van der Waals surface area contributed by atoms with Crippen molar-refractivity contribution in [2.24, 2.45) is 17.8 Å². The highest BCUT2D eigenvalue weighted by molar-refractivity contribution is 5.74. The standard InChI is InChI=1S/C21H23F3N4O/c1-11-17(21(22,23)24)6-14(7-25-11)18-10-28(19(26-18)5-13-3-4-13)20-15-8-27(12(2)29)9-16(15)20/h6-7,10,13,15-16,20H,3-5,8-9H2,1-2H3/t15-,16+,20+. The van der Waals surface area contributed by atoms with Crippen molar-refractivity contribution >= 4 is 5.91 Å². The van der Waals surface area contributed by atoms with Crippen molar-refractivity contribution in [2.45, 2.75) is 45.3 Å². The second-order valence-electron chi connectivity index (χ2n) is 8.69. The van der Waals surface area contributed by atoms with Crippen LogP contribution >= 0.6 is 0 Å². The zero-order chi connectivity index (χ0) is 20.5. The first-order chi connectivity index (χ1) is 13.7. The molecule has 1 amide bonds. The van der Waals surface area contributed by atoms with Gasteiger partial charge in [-0.1, -0.05) is 0 Å². The van der Waals surface area contributed by atoms with E-state index in [1.807, 2.05) is 11.1 Å². The molecule has 0 aromatic carbocycles. The number of halogens is 3. The molecule has 5 nitrogen and oxygen atoms in total. The molecule has 2 aromatic rings. The van der Waals surface area contributed by atoms with Crippen LogP contribution in [0.1, 0.15) is 42.9 Å². The summed E-state index contributed by atoms with van der Waals surface area (Å²) >= 11 is 0. The van der Waals surface area contributed by atoms with Gasteiger partial charge in [0.25, 0.3) is 0 Å². The Balaban J connectivity index is 1.46. The summed E-state index contributed by atoms with van der Waals surface area (Å²) in [6, 6.07) is 1.45. The van der Waals surface area contributed by atoms with Crippen molar-refractivity contribution in [3.8, 4) is 11.3 Å². The molecule has 2 saturated carbocycles. The largest absolute Gasteiger partial charge is 0.418 e. The summed E-state index contributed by atoms with van der Waals surface area (Å²) in [4.78, 5) is 22.2. The third-order valence-electron chi connectivity index (χ3n) is 6.58. The highest BCUT2D eigenvalue weighted by Gasteiger charge is 2.58. The number of piperidine rings is 1. The van der Waals surface area contributed by atoms with Crippen molar-refractivity contribution in [2.75, 3.05) is 13.1 Å². The molecule has 2 aliphatic carbocycles. The summed E-state index contributed by atoms with van der Waals surface area (Å²) in [5.41, 5.74) is 0.204. The van der Waals surface area contributed by atoms with E-state index in [1.165, 1.54) is 26.0 Å². The molecule has 0 radical (unpaired) electrons. The highest BCUT2D eigenvalue weighted by Crippen LogP contribution is 2.56. The Kier molecular flexibility index (Phi) is 4.05. The fourth-order valence-electron chi connectivity index (χ4n) is 4.69. The van der Waals surface area contributed by atoms with Gasteiger partial charge in [-0.05, 0) is 31.7 Å². The summed E-state index contributed by atoms with van der Waals surface area (Å²) in [6.07, 6.45) is 2.16. The van der Waals surface area contributed by atoms with E-state index in [2.05, 4.69) is 9.55 Å². The Hall–Kier alpha value is -2.38. The van der Waals surface area contributed by atoms with Gasteiger partial charge in [0.15, 0.2) is 0 Å². The number of likely N-dealkylation sites (tertiary alicyclic amines) is 1. The predicted molar refractivity (Wildman–Crippen MR) is 99.9 cm³/mol. The van der Waals surface area contributed by atoms with Crippen molar-refractivity contribution in [1.29, 1.82) is 0 Å². The van der Waals surface area contributed by atoms with Crippen molar-refractivity contribution in [1.82, 2.24) is 19.4 Å². The lowest BCUT2D eigenvalue weighted by Gasteiger charge is -2.19. The van der Waals surface area contributed by atoms with E-state index < -0.39 is 11.7 Å². The smallest absolute Gasteiger partial charge is 0.342 e. The van der Waals surface area contributed by atoms with Gasteiger partial charge in [-0.25, -0.2) is 4.98 Å². The van der Waals surface area contributed by atoms with Crippen LogP contribution in [0.2, 0.25) is 0 Å². The molecule has 1 saturated heterocycles. The van der Waals surface area contributed by atoms with Crippen LogP contribution in [0.4, 0.5) is 13.2 Å². The molecule has 3 heterocycles. The lowest BCUT2D eigenvalue weighted by Crippen LogP contribution is -2.29. The predicted octanol–water partition coefficient (Wildman–Crippen LogP) is 3.87. The Bertz CT molecular complexity index is 967. The number of pyridine rings is 1. The second-order valence-corrected chi connectivity index (χ2v) is 8.69. The molecule has 29 heavy (non-hydrogen) atoms. The maximum Gasteiger partial charge on any atom is 0.418 e. The first kappa shape index (κ1) is 18.6. The third-order valence-corrected chi connectivity index (χ3v) is 6.58. The molecule has 5 rings (SSSR count). The fourth-order valence-corrected chi connectivity index (χ4v) is 4.69. The minimum Gasteiger partial charge on any atom is -0.342 e. The van der Waals surface area contributed by atoms with Gasteiger partial charge in [-0.2, -0.15) is 13.2 Å². The number of hydrogen-bond donors (Lipinski definition) is 0. The third kappa shape index (κ3) is 3.32. The maximum absolute atomic E-state index is 13.3. The fraction of sp³-hybridized carbons (Fsp3) is 0.571. The highest BCUT2D eigenvalue weighted by atomic mass is 19.4. The SMILES string of the molecule is CC(=O)N1C[C@@H]2[C@H](C1)[C@H]2n1cc(-c2cnc(C)c(C(F)(F)F)c2)nc1CC1CC1. The number of alkyl halides is 3. The summed E-state index contributed by atoms with van der Waals surface area (Å²) in [6.45, 7) is 4.48. The van der Waals surface area contributed by atoms with Crippen LogP contribution in [0, 0.1) is 24.7 Å². The minimum atomic E-state index is -4.43. The molecule has 3 atom stereocenters. The molecule has 2 aromatic heterocycles. The molecule has 0 spiro atoms. The van der Waals surface area contributed by atoms with Gasteiger partial charge in [0, 0.05) is 68.0 Å². The van der Waals surface area contributed by atoms with Gasteiger partial charge < -0.3 is 9.47 Å². The van der Waals surface area contributed by atoms with Crippen molar-refractivity contribution < 1.29 is 18.0 Å². The van der Waals surface area contributed by atoms with E-state index in [0.717, 1.165) is 31.4 Å². The van der Waals surface area contributed by atoms with Crippen LogP contribution < -0.4 is 0 Å². The first-order valence-corrected chi connectivity index (χ1v) is 10.1. The number of fused-ring (bicyclic) bond motifs is 1. The van der Waals surface area contributed by atoms with E-state index in [1.54, 1.807) is 6.92 Å². The molecular weight excluding hydrogens is 381 g/mol. The summed E-state index contributed by atoms with van der Waals surface area (Å²) < 4.78 is 42.1. The molecule has 0 N–H and O–H groups in total. The Morgan fingerprint density at radius 3 is 2.52 bits per heavy atom. The van der Waals surface area contributed by atoms with E-state index in [4.69, 9.17) is 4.98 Å². The van der Waals surface area contributed by atoms with Crippen molar-refractivity contribution in [3.05, 3.63) is 35.5 Å². The Labute approximate surface area is 166 Å². The molecule has 0 unspecified atom stereocenters. The number of nitrogens with zero attached hydrogens (tertiary/aromatic N) is 4. The zero-order valence-electron chi connectivity index (χ0n) is 16.4. The molecule has 3 fully saturated rings. The number of aryl methyl sites for hydroxylation is 1. The molecular formula is C21H23F3N4O. The molecule has 3 aliphatic rings. The van der Waals surface area contributed by atoms with Crippen LogP contribution in [0.3, 0.4) is 0 Å². The first-order valence-electron chi connectivity index (χ1n) is 10.1. The molecule has 1 aliphatic heterocycles. The number of hydrogen-bond acceptors (Lipinski definition) is 3. The van der Waals surface area contributed by atoms with Gasteiger partial charge >= 0.3 is 6.18 Å². The monoisotopic (exact) mass is 404 g/mol. The van der Waals surface area contributed by atoms with E-state index in [9.17, 15) is 18.0 Å². The van der Waals surface area contributed by atoms with Crippen LogP contribution in [-0.2, 0) is 17.4 Å². The van der Waals surface area contributed by atoms with Gasteiger partial charge in [0.1, 0.15) is 5.82 Å². The lowest BCUT2D eigenvalue weighted by molar-refractivity contribution is -0.138. The lowest BCUT2D eigenvalue weighted by atomic mass is 10.1. The summed E-state index contributed by atoms with van der Waals surface area (Å²) in [7, 11) is 0. The number of amides is 1. The van der Waals surface area contributed by atoms with Gasteiger partial charge in [0.2, 0.25) is 5.91 Å². The van der Waals surface area contributed by atoms with Gasteiger partial charge in [-0.15, -0.1) is 0 Å². The summed E-state index contributed by atoms with van der Waals surface area (Å²) in [5.74, 6) is 2.51. The summed E-state index contributed by atoms with van der Waals surface area (Å²) in [5, 5.41) is 0. The van der Waals surface area contributed by atoms with Crippen LogP contribution in [-0.4, -0.2) is 38.4 Å². The van der Waals surface area contributed by atoms with E-state index in [-0.39, 0.29) is 11.6 Å². The quantitative estimate of drug-likeness (QED) is 0.777. The average molecular weight is 404 g/mol. The molecule has 0 bridgehead atoms. The Morgan fingerprint density at radius 1 is 1.24 bits per heavy atom. The number of aromatic nitrogens is 3.